The van der Waals surface area contributed by atoms with Gasteiger partial charge in [-0.2, -0.15) is 9.97 Å². The molecule has 19 heteroatoms. The van der Waals surface area contributed by atoms with E-state index in [2.05, 4.69) is 25.1 Å². The van der Waals surface area contributed by atoms with Crippen LogP contribution in [0.25, 0.3) is 11.2 Å². The number of carbonyl (C=O) groups excluding carboxylic acids is 2. The predicted molar refractivity (Wildman–Crippen MR) is 204 cm³/mol. The average Bonchev–Trinajstić information content (AvgIpc) is 3.70. The Morgan fingerprint density at radius 3 is 2.05 bits per heavy atom. The highest BCUT2D eigenvalue weighted by Crippen LogP contribution is 2.45. The van der Waals surface area contributed by atoms with Crippen LogP contribution < -0.4 is 20.8 Å². The molecule has 4 aromatic rings. The molecule has 4 heterocycles. The van der Waals surface area contributed by atoms with Crippen molar-refractivity contribution in [2.45, 2.75) is 69.7 Å². The van der Waals surface area contributed by atoms with Gasteiger partial charge in [0.1, 0.15) is 29.9 Å². The molecule has 0 spiro atoms. The molecule has 2 aromatic heterocycles. The van der Waals surface area contributed by atoms with Gasteiger partial charge in [-0.15, -0.1) is 0 Å². The van der Waals surface area contributed by atoms with Gasteiger partial charge < -0.3 is 44.3 Å². The number of nitrogens with one attached hydrogen (secondary N) is 2. The zero-order valence-electron chi connectivity index (χ0n) is 31.5. The van der Waals surface area contributed by atoms with E-state index in [1.54, 1.807) is 62.4 Å². The molecule has 302 valence electrons. The molecule has 6 rings (SSSR count). The van der Waals surface area contributed by atoms with Crippen molar-refractivity contribution in [3.63, 3.8) is 0 Å². The molecule has 0 amide bonds. The van der Waals surface area contributed by atoms with Crippen LogP contribution in [-0.4, -0.2) is 118 Å². The number of fused-ring (bicyclic) bond motifs is 1. The number of ether oxygens (including phenoxy) is 4. The summed E-state index contributed by atoms with van der Waals surface area (Å²) in [5, 5.41) is 28.9. The summed E-state index contributed by atoms with van der Waals surface area (Å²) in [6.07, 6.45) is -2.62. The number of nitrogen functional groups attached to an aromatic ring is 1. The smallest absolute Gasteiger partial charge is 0.342 e. The number of aromatic nitrogens is 4. The molecule has 6 atom stereocenters. The number of nitrogens with two attached hydrogens (primary N) is 1. The SMILES string of the molecule is CCOC(=O)[C@H](Cc1ccccc1)NP(=O)(N[C@@H](Cc1ccccc1)C(=O)OCC)OC[C@H]1O[C@@H](n2cnc3c(N4CCOCC4)nc(N)nc32)[C@](C)(O)[C@@H]1O. The van der Waals surface area contributed by atoms with Crippen LogP contribution in [0, 0.1) is 0 Å². The maximum Gasteiger partial charge on any atom is 0.342 e. The minimum Gasteiger partial charge on any atom is -0.465 e. The highest BCUT2D eigenvalue weighted by molar-refractivity contribution is 7.54. The minimum absolute atomic E-state index is 0.0322. The molecule has 2 fully saturated rings. The van der Waals surface area contributed by atoms with Gasteiger partial charge in [0.2, 0.25) is 5.95 Å². The number of aliphatic hydroxyl groups excluding tert-OH is 1. The summed E-state index contributed by atoms with van der Waals surface area (Å²) in [6, 6.07) is 15.7. The van der Waals surface area contributed by atoms with E-state index in [0.717, 1.165) is 11.1 Å². The van der Waals surface area contributed by atoms with Gasteiger partial charge in [-0.25, -0.2) is 15.2 Å². The van der Waals surface area contributed by atoms with Gasteiger partial charge in [-0.1, -0.05) is 60.7 Å². The molecule has 18 nitrogen and oxygen atoms in total. The highest BCUT2D eigenvalue weighted by atomic mass is 31.2. The van der Waals surface area contributed by atoms with Crippen LogP contribution in [0.3, 0.4) is 0 Å². The summed E-state index contributed by atoms with van der Waals surface area (Å²) in [6.45, 7) is 6.31. The summed E-state index contributed by atoms with van der Waals surface area (Å²) in [5.74, 6) is -0.954. The van der Waals surface area contributed by atoms with Crippen molar-refractivity contribution < 1.29 is 47.8 Å². The van der Waals surface area contributed by atoms with E-state index in [0.29, 0.717) is 37.6 Å². The third-order valence-corrected chi connectivity index (χ3v) is 11.3. The van der Waals surface area contributed by atoms with E-state index >= 15 is 4.57 Å². The number of esters is 2. The molecule has 2 aliphatic heterocycles. The largest absolute Gasteiger partial charge is 0.465 e. The average molecular weight is 797 g/mol. The quantitative estimate of drug-likeness (QED) is 0.0758. The lowest BCUT2D eigenvalue weighted by molar-refractivity contribution is -0.145. The van der Waals surface area contributed by atoms with E-state index in [-0.39, 0.29) is 37.7 Å². The van der Waals surface area contributed by atoms with Gasteiger partial charge in [0.05, 0.1) is 39.4 Å². The lowest BCUT2D eigenvalue weighted by atomic mass is 9.96. The second-order valence-corrected chi connectivity index (χ2v) is 15.5. The van der Waals surface area contributed by atoms with Crippen molar-refractivity contribution in [1.82, 2.24) is 29.7 Å². The van der Waals surface area contributed by atoms with Crippen molar-refractivity contribution in [3.8, 4) is 0 Å². The zero-order valence-corrected chi connectivity index (χ0v) is 32.4. The maximum absolute atomic E-state index is 15.0. The minimum atomic E-state index is -4.48. The number of hydrogen-bond acceptors (Lipinski definition) is 15. The summed E-state index contributed by atoms with van der Waals surface area (Å²) >= 11 is 0. The Bertz CT molecular complexity index is 1910. The predicted octanol–water partition coefficient (Wildman–Crippen LogP) is 1.91. The second kappa shape index (κ2) is 18.2. The number of nitrogens with zero attached hydrogens (tertiary/aromatic N) is 5. The Morgan fingerprint density at radius 2 is 1.52 bits per heavy atom. The monoisotopic (exact) mass is 796 g/mol. The maximum atomic E-state index is 15.0. The zero-order chi connectivity index (χ0) is 39.9. The van der Waals surface area contributed by atoms with Crippen LogP contribution in [0.2, 0.25) is 0 Å². The Hall–Kier alpha value is -4.52. The van der Waals surface area contributed by atoms with Crippen LogP contribution in [0.5, 0.6) is 0 Å². The Labute approximate surface area is 324 Å². The van der Waals surface area contributed by atoms with Crippen molar-refractivity contribution in [3.05, 3.63) is 78.1 Å². The number of morpholine rings is 1. The van der Waals surface area contributed by atoms with Gasteiger partial charge >= 0.3 is 19.6 Å². The Kier molecular flexibility index (Phi) is 13.3. The topological polar surface area (TPSA) is 235 Å². The Morgan fingerprint density at radius 1 is 0.964 bits per heavy atom. The fraction of sp³-hybridized carbons (Fsp3) is 0.486. The Balaban J connectivity index is 1.29. The number of imidazole rings is 1. The first kappa shape index (κ1) is 41.1. The molecule has 0 unspecified atom stereocenters. The first-order valence-electron chi connectivity index (χ1n) is 18.5. The first-order valence-corrected chi connectivity index (χ1v) is 20.1. The third kappa shape index (κ3) is 9.53. The van der Waals surface area contributed by atoms with Crippen LogP contribution in [0.1, 0.15) is 38.1 Å². The summed E-state index contributed by atoms with van der Waals surface area (Å²) in [5.41, 5.74) is 6.30. The number of carbonyl (C=O) groups is 2. The van der Waals surface area contributed by atoms with Crippen LogP contribution in [0.4, 0.5) is 11.8 Å². The standard InChI is InChI=1S/C37H49N8O10P/c1-4-52-33(47)26(20-24-12-8-6-9-13-24)42-56(50,43-27(34(48)53-5-2)21-25-14-10-7-11-15-25)54-22-28-30(46)37(3,49)35(55-28)45-23-39-29-31(40-36(38)41-32(29)45)44-16-18-51-19-17-44/h6-15,23,26-28,30,35,46,49H,4-5,16-22H2,1-3H3,(H2,38,40,41)(H2,42,43,50)/t26-,27-,28+,30+,35+,37+/m0/s1. The van der Waals surface area contributed by atoms with E-state index < -0.39 is 62.3 Å². The highest BCUT2D eigenvalue weighted by Gasteiger charge is 2.54. The van der Waals surface area contributed by atoms with Gasteiger partial charge in [0.25, 0.3) is 0 Å². The van der Waals surface area contributed by atoms with Crippen molar-refractivity contribution >= 4 is 42.5 Å². The number of benzene rings is 2. The normalized spacial score (nSPS) is 22.5. The molecule has 2 saturated heterocycles. The fourth-order valence-corrected chi connectivity index (χ4v) is 8.51. The molecule has 0 radical (unpaired) electrons. The van der Waals surface area contributed by atoms with Crippen molar-refractivity contribution in [2.75, 3.05) is 56.8 Å². The van der Waals surface area contributed by atoms with E-state index in [1.165, 1.54) is 17.8 Å². The summed E-state index contributed by atoms with van der Waals surface area (Å²) in [4.78, 5) is 42.0. The molecule has 0 bridgehead atoms. The van der Waals surface area contributed by atoms with Gasteiger partial charge in [0, 0.05) is 13.1 Å². The molecular formula is C37H49N8O10P. The number of rotatable bonds is 17. The molecule has 56 heavy (non-hydrogen) atoms. The molecule has 2 aromatic carbocycles. The number of aliphatic hydroxyl groups is 2. The number of anilines is 2. The van der Waals surface area contributed by atoms with Gasteiger partial charge in [-0.05, 0) is 44.7 Å². The molecule has 2 aliphatic rings. The molecule has 0 saturated carbocycles. The lowest BCUT2D eigenvalue weighted by Gasteiger charge is -2.30. The fourth-order valence-electron chi connectivity index (χ4n) is 6.71. The summed E-state index contributed by atoms with van der Waals surface area (Å²) in [7, 11) is -4.48. The summed E-state index contributed by atoms with van der Waals surface area (Å²) < 4.78 is 45.0. The van der Waals surface area contributed by atoms with Crippen LogP contribution >= 0.6 is 7.67 Å². The van der Waals surface area contributed by atoms with E-state index in [1.807, 2.05) is 17.0 Å². The van der Waals surface area contributed by atoms with Crippen molar-refractivity contribution in [1.29, 1.82) is 0 Å². The van der Waals surface area contributed by atoms with Crippen molar-refractivity contribution in [2.24, 2.45) is 0 Å². The van der Waals surface area contributed by atoms with E-state index in [9.17, 15) is 19.8 Å². The lowest BCUT2D eigenvalue weighted by Crippen LogP contribution is -2.47. The van der Waals surface area contributed by atoms with Gasteiger partial charge in [0.15, 0.2) is 23.2 Å². The van der Waals surface area contributed by atoms with Gasteiger partial charge in [-0.3, -0.25) is 18.7 Å². The van der Waals surface area contributed by atoms with E-state index in [4.69, 9.17) is 29.2 Å². The third-order valence-electron chi connectivity index (χ3n) is 9.52. The number of hydrogen-bond donors (Lipinski definition) is 5. The molecule has 6 N–H and O–H groups in total. The molecular weight excluding hydrogens is 747 g/mol. The first-order chi connectivity index (χ1) is 26.9. The molecule has 0 aliphatic carbocycles. The van der Waals surface area contributed by atoms with Crippen LogP contribution in [0.15, 0.2) is 67.0 Å². The second-order valence-electron chi connectivity index (χ2n) is 13.6. The van der Waals surface area contributed by atoms with Crippen LogP contribution in [-0.2, 0) is 50.5 Å².